The summed E-state index contributed by atoms with van der Waals surface area (Å²) in [6.45, 7) is 1.59. The van der Waals surface area contributed by atoms with Gasteiger partial charge in [-0.1, -0.05) is 11.8 Å². The zero-order valence-electron chi connectivity index (χ0n) is 20.1. The summed E-state index contributed by atoms with van der Waals surface area (Å²) >= 11 is 1.35. The Morgan fingerprint density at radius 3 is 2.65 bits per heavy atom. The lowest BCUT2D eigenvalue weighted by Gasteiger charge is -2.39. The molecule has 2 aliphatic heterocycles. The van der Waals surface area contributed by atoms with E-state index in [4.69, 9.17) is 5.10 Å². The predicted molar refractivity (Wildman–Crippen MR) is 133 cm³/mol. The van der Waals surface area contributed by atoms with Crippen LogP contribution in [0.2, 0.25) is 0 Å². The Hall–Kier alpha value is -3.75. The first-order valence-corrected chi connectivity index (χ1v) is 13.0. The molecule has 0 spiro atoms. The van der Waals surface area contributed by atoms with Crippen molar-refractivity contribution in [2.75, 3.05) is 6.61 Å². The number of fused-ring (bicyclic) bond motifs is 3. The van der Waals surface area contributed by atoms with Crippen LogP contribution in [0.25, 0.3) is 16.6 Å². The molecular weight excluding hydrogens is 493 g/mol. The van der Waals surface area contributed by atoms with Gasteiger partial charge in [0.15, 0.2) is 0 Å². The van der Waals surface area contributed by atoms with Crippen LogP contribution in [0.1, 0.15) is 43.0 Å². The lowest BCUT2D eigenvalue weighted by Crippen LogP contribution is -2.48. The van der Waals surface area contributed by atoms with Gasteiger partial charge in [0.05, 0.1) is 35.7 Å². The molecule has 0 aliphatic carbocycles. The lowest BCUT2D eigenvalue weighted by molar-refractivity contribution is -0.139. The van der Waals surface area contributed by atoms with Crippen LogP contribution < -0.4 is 0 Å². The summed E-state index contributed by atoms with van der Waals surface area (Å²) in [4.78, 5) is 19.1. The quantitative estimate of drug-likeness (QED) is 0.429. The Bertz CT molecular complexity index is 1530. The normalized spacial score (nSPS) is 20.9. The third kappa shape index (κ3) is 4.06. The largest absolute Gasteiger partial charge is 0.387 e. The van der Waals surface area contributed by atoms with Crippen LogP contribution in [0.3, 0.4) is 0 Å². The summed E-state index contributed by atoms with van der Waals surface area (Å²) in [6, 6.07) is 7.59. The highest BCUT2D eigenvalue weighted by Gasteiger charge is 2.44. The second-order valence-electron chi connectivity index (χ2n) is 9.53. The molecule has 3 atom stereocenters. The highest BCUT2D eigenvalue weighted by atomic mass is 32.2. The Morgan fingerprint density at radius 1 is 1.19 bits per heavy atom. The molecule has 0 aromatic carbocycles. The van der Waals surface area contributed by atoms with Gasteiger partial charge >= 0.3 is 0 Å². The molecule has 188 valence electrons. The number of amides is 1. The van der Waals surface area contributed by atoms with Gasteiger partial charge in [0, 0.05) is 40.0 Å². The van der Waals surface area contributed by atoms with Gasteiger partial charge in [-0.2, -0.15) is 15.5 Å². The molecule has 4 aromatic rings. The van der Waals surface area contributed by atoms with Gasteiger partial charge in [0.2, 0.25) is 5.91 Å². The maximum Gasteiger partial charge on any atom is 0.248 e. The van der Waals surface area contributed by atoms with Gasteiger partial charge in [0.1, 0.15) is 23.5 Å². The SMILES string of the molecule is Cc1c(-c2cc(Sc3ccc(F)cn3)c3c(C#N)cnn3c2)cnn1C1CC2CC[C@@H](C1)N2C(=O)CO. The van der Waals surface area contributed by atoms with E-state index in [1.165, 1.54) is 30.2 Å². The van der Waals surface area contributed by atoms with Gasteiger partial charge in [0.25, 0.3) is 0 Å². The van der Waals surface area contributed by atoms with Gasteiger partial charge < -0.3 is 10.0 Å². The van der Waals surface area contributed by atoms with Crippen molar-refractivity contribution in [3.8, 4) is 17.2 Å². The Kier molecular flexibility index (Phi) is 5.93. The molecule has 0 radical (unpaired) electrons. The van der Waals surface area contributed by atoms with Crippen molar-refractivity contribution in [3.63, 3.8) is 0 Å². The molecule has 2 unspecified atom stereocenters. The van der Waals surface area contributed by atoms with Crippen LogP contribution in [0.5, 0.6) is 0 Å². The topological polar surface area (TPSA) is 112 Å². The minimum atomic E-state index is -0.445. The number of rotatable bonds is 5. The van der Waals surface area contributed by atoms with Crippen molar-refractivity contribution in [1.29, 1.82) is 5.26 Å². The average Bonchev–Trinajstić information content (AvgIpc) is 3.58. The zero-order valence-corrected chi connectivity index (χ0v) is 20.9. The second-order valence-corrected chi connectivity index (χ2v) is 10.6. The maximum atomic E-state index is 13.4. The summed E-state index contributed by atoms with van der Waals surface area (Å²) < 4.78 is 17.1. The number of nitriles is 1. The van der Waals surface area contributed by atoms with Crippen LogP contribution in [0.15, 0.2) is 52.9 Å². The summed E-state index contributed by atoms with van der Waals surface area (Å²) in [7, 11) is 0. The van der Waals surface area contributed by atoms with Crippen LogP contribution in [0.4, 0.5) is 4.39 Å². The standard InChI is InChI=1S/C26H24FN7O2S/c1-15-22(12-31-34(15)21-7-19-3-4-20(8-21)33(19)25(36)14-35)16-6-23(37-24-5-2-18(27)11-29-24)26-17(9-28)10-30-32(26)13-16/h2,5-6,10-13,19-21,35H,3-4,7-8,14H2,1H3/t19-,20?,21?/m0/s1. The van der Waals surface area contributed by atoms with E-state index in [1.807, 2.05) is 30.3 Å². The molecule has 37 heavy (non-hydrogen) atoms. The van der Waals surface area contributed by atoms with Crippen LogP contribution in [0, 0.1) is 24.1 Å². The smallest absolute Gasteiger partial charge is 0.248 e. The van der Waals surface area contributed by atoms with Gasteiger partial charge in [-0.25, -0.2) is 13.9 Å². The third-order valence-corrected chi connectivity index (χ3v) is 8.43. The number of carbonyl (C=O) groups excluding carboxylic acids is 1. The Balaban J connectivity index is 1.35. The molecule has 0 saturated carbocycles. The fraction of sp³-hybridized carbons (Fsp3) is 0.346. The van der Waals surface area contributed by atoms with E-state index in [0.717, 1.165) is 47.4 Å². The van der Waals surface area contributed by atoms with Crippen molar-refractivity contribution in [1.82, 2.24) is 29.3 Å². The number of hydrogen-bond acceptors (Lipinski definition) is 7. The molecule has 6 rings (SSSR count). The van der Waals surface area contributed by atoms with Crippen molar-refractivity contribution in [2.24, 2.45) is 0 Å². The molecule has 2 fully saturated rings. The van der Waals surface area contributed by atoms with E-state index in [9.17, 15) is 19.6 Å². The lowest BCUT2D eigenvalue weighted by atomic mass is 9.96. The zero-order chi connectivity index (χ0) is 25.7. The molecule has 11 heteroatoms. The number of aliphatic hydroxyl groups excluding tert-OH is 1. The number of nitrogens with zero attached hydrogens (tertiary/aromatic N) is 7. The number of hydrogen-bond donors (Lipinski definition) is 1. The first-order valence-electron chi connectivity index (χ1n) is 12.1. The fourth-order valence-corrected chi connectivity index (χ4v) is 6.79. The van der Waals surface area contributed by atoms with E-state index in [0.29, 0.717) is 16.1 Å². The Labute approximate surface area is 216 Å². The first kappa shape index (κ1) is 23.6. The number of piperidine rings is 1. The number of aliphatic hydroxyl groups is 1. The van der Waals surface area contributed by atoms with E-state index >= 15 is 0 Å². The van der Waals surface area contributed by atoms with Crippen LogP contribution >= 0.6 is 11.8 Å². The molecule has 2 aliphatic rings. The van der Waals surface area contributed by atoms with E-state index < -0.39 is 12.4 Å². The van der Waals surface area contributed by atoms with Crippen molar-refractivity contribution >= 4 is 23.2 Å². The molecule has 2 saturated heterocycles. The number of aromatic nitrogens is 5. The molecule has 4 aromatic heterocycles. The monoisotopic (exact) mass is 517 g/mol. The molecule has 6 heterocycles. The van der Waals surface area contributed by atoms with Crippen molar-refractivity contribution in [2.45, 2.75) is 60.7 Å². The molecular formula is C26H24FN7O2S. The average molecular weight is 518 g/mol. The summed E-state index contributed by atoms with van der Waals surface area (Å²) in [6.07, 6.45) is 9.98. The number of halogens is 1. The summed E-state index contributed by atoms with van der Waals surface area (Å²) in [5.74, 6) is -0.595. The van der Waals surface area contributed by atoms with E-state index in [2.05, 4.69) is 20.8 Å². The third-order valence-electron chi connectivity index (χ3n) is 7.45. The second kappa shape index (κ2) is 9.28. The van der Waals surface area contributed by atoms with E-state index in [1.54, 1.807) is 10.6 Å². The highest BCUT2D eigenvalue weighted by molar-refractivity contribution is 7.99. The van der Waals surface area contributed by atoms with Gasteiger partial charge in [-0.3, -0.25) is 9.48 Å². The van der Waals surface area contributed by atoms with Gasteiger partial charge in [-0.15, -0.1) is 0 Å². The van der Waals surface area contributed by atoms with E-state index in [-0.39, 0.29) is 24.0 Å². The van der Waals surface area contributed by atoms with Crippen LogP contribution in [-0.4, -0.2) is 59.0 Å². The minimum absolute atomic E-state index is 0.131. The van der Waals surface area contributed by atoms with Crippen molar-refractivity contribution in [3.05, 3.63) is 60.1 Å². The molecule has 9 nitrogen and oxygen atoms in total. The first-order chi connectivity index (χ1) is 18.0. The maximum absolute atomic E-state index is 13.4. The summed E-state index contributed by atoms with van der Waals surface area (Å²) in [5.41, 5.74) is 3.97. The summed E-state index contributed by atoms with van der Waals surface area (Å²) in [5, 5.41) is 28.7. The van der Waals surface area contributed by atoms with Crippen LogP contribution in [-0.2, 0) is 4.79 Å². The molecule has 1 amide bonds. The highest BCUT2D eigenvalue weighted by Crippen LogP contribution is 2.42. The predicted octanol–water partition coefficient (Wildman–Crippen LogP) is 3.75. The Morgan fingerprint density at radius 2 is 1.97 bits per heavy atom. The fourth-order valence-electron chi connectivity index (χ4n) is 5.84. The molecule has 1 N–H and O–H groups in total. The van der Waals surface area contributed by atoms with Gasteiger partial charge in [-0.05, 0) is 50.8 Å². The van der Waals surface area contributed by atoms with Crippen molar-refractivity contribution < 1.29 is 14.3 Å². The number of carbonyl (C=O) groups is 1. The molecule has 2 bridgehead atoms. The minimum Gasteiger partial charge on any atom is -0.387 e. The number of pyridine rings is 2.